The number of hydrogen-bond donors (Lipinski definition) is 6. The standard InChI is InChI=1S/2C12H12N2O3S/c2*13-10-4-1-8(2-5-10)9-3-6-11(14)12(7-9)18(15,16)17/h2*1-7H,13-14H2,(H,15,16,17). The van der Waals surface area contributed by atoms with Crippen molar-refractivity contribution in [1.29, 1.82) is 0 Å². The lowest BCUT2D eigenvalue weighted by molar-refractivity contribution is 0.481. The minimum atomic E-state index is -4.32. The Morgan fingerprint density at radius 1 is 0.444 bits per heavy atom. The highest BCUT2D eigenvalue weighted by Gasteiger charge is 2.16. The number of nitrogen functional groups attached to an aromatic ring is 4. The molecule has 36 heavy (non-hydrogen) atoms. The summed E-state index contributed by atoms with van der Waals surface area (Å²) in [6, 6.07) is 22.8. The summed E-state index contributed by atoms with van der Waals surface area (Å²) < 4.78 is 62.7. The van der Waals surface area contributed by atoms with E-state index >= 15 is 0 Å². The summed E-state index contributed by atoms with van der Waals surface area (Å²) in [6.45, 7) is 0. The van der Waals surface area contributed by atoms with E-state index in [0.29, 0.717) is 22.5 Å². The van der Waals surface area contributed by atoms with Crippen molar-refractivity contribution >= 4 is 43.0 Å². The Bertz CT molecular complexity index is 1480. The first-order valence-electron chi connectivity index (χ1n) is 10.2. The summed E-state index contributed by atoms with van der Waals surface area (Å²) in [5.74, 6) is 0. The first-order chi connectivity index (χ1) is 16.8. The molecule has 12 heteroatoms. The molecule has 4 aromatic carbocycles. The second-order valence-electron chi connectivity index (χ2n) is 7.70. The average Bonchev–Trinajstić information content (AvgIpc) is 2.80. The minimum absolute atomic E-state index is 0.0108. The van der Waals surface area contributed by atoms with Crippen molar-refractivity contribution in [3.63, 3.8) is 0 Å². The van der Waals surface area contributed by atoms with Gasteiger partial charge in [-0.15, -0.1) is 0 Å². The van der Waals surface area contributed by atoms with Crippen LogP contribution < -0.4 is 22.9 Å². The molecule has 0 fully saturated rings. The maximum absolute atomic E-state index is 11.1. The number of anilines is 4. The zero-order chi connectivity index (χ0) is 26.7. The van der Waals surface area contributed by atoms with Crippen LogP contribution in [0.2, 0.25) is 0 Å². The molecule has 10 nitrogen and oxygen atoms in total. The van der Waals surface area contributed by atoms with Gasteiger partial charge in [-0.3, -0.25) is 9.11 Å². The van der Waals surface area contributed by atoms with Crippen molar-refractivity contribution in [1.82, 2.24) is 0 Å². The Morgan fingerprint density at radius 2 is 0.722 bits per heavy atom. The summed E-state index contributed by atoms with van der Waals surface area (Å²) in [5, 5.41) is 0. The molecular formula is C24H24N4O6S2. The van der Waals surface area contributed by atoms with Crippen LogP contribution >= 0.6 is 0 Å². The highest BCUT2D eigenvalue weighted by Crippen LogP contribution is 2.28. The third-order valence-electron chi connectivity index (χ3n) is 5.07. The number of hydrogen-bond acceptors (Lipinski definition) is 8. The molecule has 4 rings (SSSR count). The molecule has 0 radical (unpaired) electrons. The Hall–Kier alpha value is -4.10. The fourth-order valence-electron chi connectivity index (χ4n) is 3.23. The molecule has 0 heterocycles. The maximum Gasteiger partial charge on any atom is 0.296 e. The van der Waals surface area contributed by atoms with E-state index in [1.54, 1.807) is 60.7 Å². The van der Waals surface area contributed by atoms with Crippen molar-refractivity contribution in [3.05, 3.63) is 84.9 Å². The lowest BCUT2D eigenvalue weighted by atomic mass is 10.1. The van der Waals surface area contributed by atoms with Gasteiger partial charge in [-0.1, -0.05) is 36.4 Å². The highest BCUT2D eigenvalue weighted by molar-refractivity contribution is 7.86. The van der Waals surface area contributed by atoms with Crippen molar-refractivity contribution < 1.29 is 25.9 Å². The quantitative estimate of drug-likeness (QED) is 0.167. The molecule has 0 amide bonds. The van der Waals surface area contributed by atoms with Crippen LogP contribution in [0.15, 0.2) is 94.7 Å². The van der Waals surface area contributed by atoms with Gasteiger partial charge in [0, 0.05) is 11.4 Å². The van der Waals surface area contributed by atoms with Crippen LogP contribution in [0.25, 0.3) is 22.3 Å². The van der Waals surface area contributed by atoms with Crippen molar-refractivity contribution in [2.45, 2.75) is 9.79 Å². The molecular weight excluding hydrogens is 504 g/mol. The Labute approximate surface area is 208 Å². The van der Waals surface area contributed by atoms with Crippen LogP contribution in [0.5, 0.6) is 0 Å². The van der Waals surface area contributed by atoms with E-state index in [2.05, 4.69) is 0 Å². The summed E-state index contributed by atoms with van der Waals surface area (Å²) in [4.78, 5) is -0.589. The van der Waals surface area contributed by atoms with Gasteiger partial charge in [-0.25, -0.2) is 0 Å². The Kier molecular flexibility index (Phi) is 7.55. The van der Waals surface area contributed by atoms with Crippen LogP contribution in [0.4, 0.5) is 22.7 Å². The molecule has 0 aliphatic rings. The molecule has 0 saturated heterocycles. The van der Waals surface area contributed by atoms with E-state index < -0.39 is 20.2 Å². The van der Waals surface area contributed by atoms with Crippen LogP contribution in [-0.2, 0) is 20.2 Å². The largest absolute Gasteiger partial charge is 0.399 e. The van der Waals surface area contributed by atoms with E-state index in [1.165, 1.54) is 24.3 Å². The summed E-state index contributed by atoms with van der Waals surface area (Å²) >= 11 is 0. The smallest absolute Gasteiger partial charge is 0.296 e. The second kappa shape index (κ2) is 10.3. The van der Waals surface area contributed by atoms with E-state index in [9.17, 15) is 16.8 Å². The molecule has 188 valence electrons. The Morgan fingerprint density at radius 3 is 1.00 bits per heavy atom. The summed E-state index contributed by atoms with van der Waals surface area (Å²) in [7, 11) is -8.64. The van der Waals surface area contributed by atoms with Gasteiger partial charge in [0.25, 0.3) is 20.2 Å². The number of nitrogens with two attached hydrogens (primary N) is 4. The lowest BCUT2D eigenvalue weighted by Gasteiger charge is -2.07. The number of rotatable bonds is 4. The molecule has 0 spiro atoms. The van der Waals surface area contributed by atoms with Gasteiger partial charge in [-0.2, -0.15) is 16.8 Å². The zero-order valence-electron chi connectivity index (χ0n) is 18.7. The van der Waals surface area contributed by atoms with E-state index in [-0.39, 0.29) is 21.2 Å². The van der Waals surface area contributed by atoms with Gasteiger partial charge in [0.1, 0.15) is 9.79 Å². The molecule has 4 aromatic rings. The summed E-state index contributed by atoms with van der Waals surface area (Å²) in [5.41, 5.74) is 26.3. The molecule has 0 bridgehead atoms. The minimum Gasteiger partial charge on any atom is -0.399 e. The van der Waals surface area contributed by atoms with Crippen LogP contribution in [0, 0.1) is 0 Å². The Balaban J connectivity index is 0.000000201. The molecule has 0 aromatic heterocycles. The third-order valence-corrected chi connectivity index (χ3v) is 6.89. The molecule has 0 atom stereocenters. The molecule has 0 unspecified atom stereocenters. The average molecular weight is 529 g/mol. The van der Waals surface area contributed by atoms with Gasteiger partial charge < -0.3 is 22.9 Å². The third kappa shape index (κ3) is 6.52. The molecule has 0 aliphatic heterocycles. The lowest BCUT2D eigenvalue weighted by Crippen LogP contribution is -2.03. The topological polar surface area (TPSA) is 213 Å². The predicted molar refractivity (Wildman–Crippen MR) is 141 cm³/mol. The fourth-order valence-corrected chi connectivity index (χ4v) is 4.51. The first-order valence-corrected chi connectivity index (χ1v) is 13.1. The molecule has 0 saturated carbocycles. The van der Waals surface area contributed by atoms with Crippen LogP contribution in [0.3, 0.4) is 0 Å². The predicted octanol–water partition coefficient (Wildman–Crippen LogP) is 3.53. The van der Waals surface area contributed by atoms with E-state index in [1.807, 2.05) is 0 Å². The van der Waals surface area contributed by atoms with Gasteiger partial charge >= 0.3 is 0 Å². The van der Waals surface area contributed by atoms with Crippen molar-refractivity contribution in [3.8, 4) is 22.3 Å². The van der Waals surface area contributed by atoms with Crippen LogP contribution in [0.1, 0.15) is 0 Å². The molecule has 0 aliphatic carbocycles. The SMILES string of the molecule is Nc1ccc(-c2ccc(N)c(S(=O)(=O)O)c2)cc1.Nc1ccc(-c2ccc(N)c(S(=O)(=O)O)c2)cc1. The number of benzene rings is 4. The van der Waals surface area contributed by atoms with Crippen molar-refractivity contribution in [2.24, 2.45) is 0 Å². The molecule has 10 N–H and O–H groups in total. The second-order valence-corrected chi connectivity index (χ2v) is 10.5. The van der Waals surface area contributed by atoms with E-state index in [4.69, 9.17) is 32.0 Å². The summed E-state index contributed by atoms with van der Waals surface area (Å²) in [6.07, 6.45) is 0. The zero-order valence-corrected chi connectivity index (χ0v) is 20.4. The van der Waals surface area contributed by atoms with Gasteiger partial charge in [-0.05, 0) is 70.8 Å². The van der Waals surface area contributed by atoms with E-state index in [0.717, 1.165) is 11.1 Å². The normalized spacial score (nSPS) is 11.4. The first kappa shape index (κ1) is 26.5. The maximum atomic E-state index is 11.1. The fraction of sp³-hybridized carbons (Fsp3) is 0. The van der Waals surface area contributed by atoms with Crippen molar-refractivity contribution in [2.75, 3.05) is 22.9 Å². The van der Waals surface area contributed by atoms with Gasteiger partial charge in [0.05, 0.1) is 11.4 Å². The van der Waals surface area contributed by atoms with Crippen LogP contribution in [-0.4, -0.2) is 25.9 Å². The highest BCUT2D eigenvalue weighted by atomic mass is 32.2. The van der Waals surface area contributed by atoms with Gasteiger partial charge in [0.2, 0.25) is 0 Å². The monoisotopic (exact) mass is 528 g/mol. The van der Waals surface area contributed by atoms with Gasteiger partial charge in [0.15, 0.2) is 0 Å².